The molecule has 3 N–H and O–H groups in total. The van der Waals surface area contributed by atoms with E-state index in [1.54, 1.807) is 30.3 Å². The van der Waals surface area contributed by atoms with Gasteiger partial charge in [0.15, 0.2) is 5.82 Å². The number of carbonyl (C=O) groups is 2. The molecule has 0 aliphatic rings. The maximum atomic E-state index is 15.0. The monoisotopic (exact) mass is 635 g/mol. The highest BCUT2D eigenvalue weighted by Gasteiger charge is 2.21. The zero-order valence-corrected chi connectivity index (χ0v) is 24.7. The number of halogens is 2. The molecule has 16 heteroatoms. The topological polar surface area (TPSA) is 170 Å². The van der Waals surface area contributed by atoms with E-state index in [2.05, 4.69) is 46.1 Å². The average molecular weight is 636 g/mol. The van der Waals surface area contributed by atoms with Crippen molar-refractivity contribution in [3.63, 3.8) is 0 Å². The van der Waals surface area contributed by atoms with Crippen LogP contribution in [-0.2, 0) is 16.0 Å². The molecule has 0 spiro atoms. The van der Waals surface area contributed by atoms with Crippen LogP contribution >= 0.6 is 22.9 Å². The van der Waals surface area contributed by atoms with Crippen LogP contribution in [0, 0.1) is 12.7 Å². The molecule has 0 saturated carbocycles. The van der Waals surface area contributed by atoms with Crippen molar-refractivity contribution in [2.45, 2.75) is 19.4 Å². The second-order valence-electron chi connectivity index (χ2n) is 9.26. The number of tetrazole rings is 1. The minimum Gasteiger partial charge on any atom is -0.453 e. The Bertz CT molecular complexity index is 1890. The molecular weight excluding hydrogens is 613 g/mol. The number of hydrogen-bond donors (Lipinski definition) is 3. The van der Waals surface area contributed by atoms with Crippen LogP contribution in [0.4, 0.5) is 14.9 Å². The number of aryl methyl sites for hydroxylation is 1. The van der Waals surface area contributed by atoms with Gasteiger partial charge in [0.25, 0.3) is 5.56 Å². The van der Waals surface area contributed by atoms with Gasteiger partial charge in [0, 0.05) is 34.8 Å². The van der Waals surface area contributed by atoms with E-state index in [0.717, 1.165) is 16.8 Å². The molecule has 0 fully saturated rings. The van der Waals surface area contributed by atoms with Gasteiger partial charge in [0.05, 0.1) is 40.1 Å². The number of amides is 2. The third kappa shape index (κ3) is 7.02. The summed E-state index contributed by atoms with van der Waals surface area (Å²) < 4.78 is 20.8. The van der Waals surface area contributed by atoms with Crippen LogP contribution in [0.1, 0.15) is 28.0 Å². The van der Waals surface area contributed by atoms with Gasteiger partial charge in [0.2, 0.25) is 5.91 Å². The van der Waals surface area contributed by atoms with Gasteiger partial charge in [-0.1, -0.05) is 23.7 Å². The first-order valence-electron chi connectivity index (χ1n) is 12.9. The number of carbonyl (C=O) groups excluding carboxylic acids is 2. The number of rotatable bonds is 9. The summed E-state index contributed by atoms with van der Waals surface area (Å²) in [4.78, 5) is 42.0. The molecule has 3 aromatic heterocycles. The van der Waals surface area contributed by atoms with Crippen LogP contribution < -0.4 is 16.2 Å². The quantitative estimate of drug-likeness (QED) is 0.200. The van der Waals surface area contributed by atoms with Crippen molar-refractivity contribution >= 4 is 46.7 Å². The standard InChI is InChI=1S/C28H23ClFN9O4S/c1-15-13-44-25(32-15)12-21(22-11-19(27(41)36-35-22)16-3-5-17(6-4-16)33-28(42)43-2)34-24(40)10-7-18-23(39-14-31-37-38-39)9-8-20(29)26(18)30/h3-11,13-14,21H,12H2,1-2H3,(H,33,42)(H,34,40)(H,36,41)/b10-7+. The van der Waals surface area contributed by atoms with Crippen LogP contribution in [0.3, 0.4) is 0 Å². The van der Waals surface area contributed by atoms with Gasteiger partial charge in [-0.3, -0.25) is 14.9 Å². The Labute approximate surface area is 257 Å². The maximum Gasteiger partial charge on any atom is 0.411 e. The van der Waals surface area contributed by atoms with Gasteiger partial charge < -0.3 is 10.1 Å². The van der Waals surface area contributed by atoms with Gasteiger partial charge in [-0.15, -0.1) is 16.4 Å². The normalized spacial score (nSPS) is 11.8. The van der Waals surface area contributed by atoms with Crippen molar-refractivity contribution in [2.75, 3.05) is 12.4 Å². The minimum atomic E-state index is -0.752. The Morgan fingerprint density at radius 2 is 2.02 bits per heavy atom. The van der Waals surface area contributed by atoms with E-state index in [1.165, 1.54) is 47.7 Å². The molecule has 0 aliphatic carbocycles. The van der Waals surface area contributed by atoms with Gasteiger partial charge in [0.1, 0.15) is 6.33 Å². The number of H-pyrrole nitrogens is 1. The molecule has 1 atom stereocenters. The van der Waals surface area contributed by atoms with Crippen LogP contribution in [-0.4, -0.2) is 54.5 Å². The Hall–Kier alpha value is -5.28. The molecule has 13 nitrogen and oxygen atoms in total. The fourth-order valence-electron chi connectivity index (χ4n) is 4.18. The number of benzene rings is 2. The fourth-order valence-corrected chi connectivity index (χ4v) is 5.17. The zero-order valence-electron chi connectivity index (χ0n) is 23.1. The van der Waals surface area contributed by atoms with Crippen molar-refractivity contribution in [3.8, 4) is 16.8 Å². The third-order valence-corrected chi connectivity index (χ3v) is 7.56. The van der Waals surface area contributed by atoms with Crippen LogP contribution in [0.25, 0.3) is 22.9 Å². The van der Waals surface area contributed by atoms with Crippen LogP contribution in [0.15, 0.2) is 65.0 Å². The Morgan fingerprint density at radius 1 is 1.23 bits per heavy atom. The van der Waals surface area contributed by atoms with Crippen molar-refractivity contribution in [1.29, 1.82) is 0 Å². The smallest absolute Gasteiger partial charge is 0.411 e. The third-order valence-electron chi connectivity index (χ3n) is 6.28. The SMILES string of the molecule is COC(=O)Nc1ccc(-c2cc(C(Cc3nc(C)cs3)NC(=O)/C=C/c3c(-n4cnnn4)ccc(Cl)c3F)n[nH]c2=O)cc1. The Morgan fingerprint density at radius 3 is 2.70 bits per heavy atom. The number of aromatic nitrogens is 7. The first-order chi connectivity index (χ1) is 21.2. The molecule has 0 bridgehead atoms. The lowest BCUT2D eigenvalue weighted by molar-refractivity contribution is -0.117. The van der Waals surface area contributed by atoms with Crippen LogP contribution in [0.2, 0.25) is 5.02 Å². The van der Waals surface area contributed by atoms with E-state index in [4.69, 9.17) is 11.6 Å². The summed E-state index contributed by atoms with van der Waals surface area (Å²) in [5.41, 5.74) is 2.30. The summed E-state index contributed by atoms with van der Waals surface area (Å²) in [7, 11) is 1.25. The van der Waals surface area contributed by atoms with Crippen molar-refractivity contribution in [1.82, 2.24) is 40.7 Å². The first-order valence-corrected chi connectivity index (χ1v) is 14.1. The number of thiazole rings is 1. The molecule has 2 amide bonds. The van der Waals surface area contributed by atoms with Crippen molar-refractivity contribution < 1.29 is 18.7 Å². The highest BCUT2D eigenvalue weighted by molar-refractivity contribution is 7.09. The number of nitrogens with zero attached hydrogens (tertiary/aromatic N) is 6. The lowest BCUT2D eigenvalue weighted by Gasteiger charge is -2.17. The zero-order chi connectivity index (χ0) is 31.2. The van der Waals surface area contributed by atoms with E-state index in [-0.39, 0.29) is 28.3 Å². The number of aromatic amines is 1. The summed E-state index contributed by atoms with van der Waals surface area (Å²) in [5, 5.41) is 25.5. The second kappa shape index (κ2) is 13.4. The molecular formula is C28H23ClFN9O4S. The average Bonchev–Trinajstić information content (AvgIpc) is 3.70. The molecule has 0 radical (unpaired) electrons. The van der Waals surface area contributed by atoms with E-state index in [0.29, 0.717) is 16.9 Å². The second-order valence-corrected chi connectivity index (χ2v) is 10.6. The molecule has 0 saturated heterocycles. The summed E-state index contributed by atoms with van der Waals surface area (Å²) in [6, 6.07) is 10.3. The molecule has 224 valence electrons. The van der Waals surface area contributed by atoms with Gasteiger partial charge in [-0.25, -0.2) is 19.3 Å². The Balaban J connectivity index is 1.44. The summed E-state index contributed by atoms with van der Waals surface area (Å²) in [5.74, 6) is -1.32. The van der Waals surface area contributed by atoms with Crippen LogP contribution in [0.5, 0.6) is 0 Å². The van der Waals surface area contributed by atoms with E-state index in [1.807, 2.05) is 12.3 Å². The highest BCUT2D eigenvalue weighted by atomic mass is 35.5. The molecule has 0 aliphatic heterocycles. The molecule has 1 unspecified atom stereocenters. The largest absolute Gasteiger partial charge is 0.453 e. The number of anilines is 1. The molecule has 5 rings (SSSR count). The summed E-state index contributed by atoms with van der Waals surface area (Å²) >= 11 is 7.41. The number of nitrogens with one attached hydrogen (secondary N) is 3. The first kappa shape index (κ1) is 30.2. The van der Waals surface area contributed by atoms with E-state index in [9.17, 15) is 18.8 Å². The maximum absolute atomic E-state index is 15.0. The summed E-state index contributed by atoms with van der Waals surface area (Å²) in [6.07, 6.45) is 3.35. The van der Waals surface area contributed by atoms with Gasteiger partial charge in [-0.2, -0.15) is 9.78 Å². The number of ether oxygens (including phenoxy) is 1. The van der Waals surface area contributed by atoms with E-state index >= 15 is 0 Å². The molecule has 3 heterocycles. The lowest BCUT2D eigenvalue weighted by atomic mass is 10.0. The Kier molecular flexibility index (Phi) is 9.16. The molecule has 2 aromatic carbocycles. The van der Waals surface area contributed by atoms with Gasteiger partial charge in [-0.05, 0) is 59.3 Å². The molecule has 44 heavy (non-hydrogen) atoms. The number of methoxy groups -OCH3 is 1. The summed E-state index contributed by atoms with van der Waals surface area (Å²) in [6.45, 7) is 1.85. The van der Waals surface area contributed by atoms with Gasteiger partial charge >= 0.3 is 6.09 Å². The minimum absolute atomic E-state index is 0.00152. The van der Waals surface area contributed by atoms with Crippen molar-refractivity contribution in [3.05, 3.63) is 103 Å². The molecule has 5 aromatic rings. The van der Waals surface area contributed by atoms with Crippen molar-refractivity contribution in [2.24, 2.45) is 0 Å². The number of hydrogen-bond acceptors (Lipinski definition) is 10. The fraction of sp³-hybridized carbons (Fsp3) is 0.143. The van der Waals surface area contributed by atoms with E-state index < -0.39 is 29.4 Å². The predicted molar refractivity (Wildman–Crippen MR) is 161 cm³/mol. The highest BCUT2D eigenvalue weighted by Crippen LogP contribution is 2.26. The predicted octanol–water partition coefficient (Wildman–Crippen LogP) is 4.26. The lowest BCUT2D eigenvalue weighted by Crippen LogP contribution is -2.30.